The van der Waals surface area contributed by atoms with Crippen molar-refractivity contribution in [3.05, 3.63) is 104 Å². The molecule has 0 radical (unpaired) electrons. The van der Waals surface area contributed by atoms with Crippen LogP contribution in [0.15, 0.2) is 53.5 Å². The summed E-state index contributed by atoms with van der Waals surface area (Å²) < 4.78 is 31.6. The number of fused-ring (bicyclic) bond motifs is 3. The minimum Gasteiger partial charge on any atom is -0.316 e. The van der Waals surface area contributed by atoms with Gasteiger partial charge < -0.3 is 4.90 Å². The lowest BCUT2D eigenvalue weighted by Gasteiger charge is -2.46. The quantitative estimate of drug-likeness (QED) is 0.592. The summed E-state index contributed by atoms with van der Waals surface area (Å²) in [6, 6.07) is 10.7. The Morgan fingerprint density at radius 3 is 2.03 bits per heavy atom. The number of hydrogen-bond donors (Lipinski definition) is 0. The number of halogens is 2. The largest absolute Gasteiger partial charge is 0.316 e. The third kappa shape index (κ3) is 3.25. The first-order chi connectivity index (χ1) is 15.8. The summed E-state index contributed by atoms with van der Waals surface area (Å²) in [7, 11) is 0. The minimum atomic E-state index is -0.543. The summed E-state index contributed by atoms with van der Waals surface area (Å²) in [5.41, 5.74) is 2.97. The molecule has 0 saturated heterocycles. The zero-order valence-corrected chi connectivity index (χ0v) is 18.8. The van der Waals surface area contributed by atoms with Crippen LogP contribution in [0.5, 0.6) is 0 Å². The van der Waals surface area contributed by atoms with Crippen LogP contribution in [0.1, 0.15) is 58.2 Å². The van der Waals surface area contributed by atoms with Gasteiger partial charge >= 0.3 is 0 Å². The molecule has 1 aliphatic heterocycles. The second-order valence-corrected chi connectivity index (χ2v) is 8.97. The van der Waals surface area contributed by atoms with Crippen LogP contribution in [0.3, 0.4) is 0 Å². The van der Waals surface area contributed by atoms with Crippen molar-refractivity contribution in [2.24, 2.45) is 0 Å². The third-order valence-corrected chi connectivity index (χ3v) is 6.80. The Hall–Kier alpha value is -3.48. The first-order valence-corrected chi connectivity index (χ1v) is 11.1. The molecule has 5 nitrogen and oxygen atoms in total. The van der Waals surface area contributed by atoms with E-state index in [1.54, 1.807) is 34.8 Å². The Morgan fingerprint density at radius 1 is 0.909 bits per heavy atom. The lowest BCUT2D eigenvalue weighted by atomic mass is 9.93. The van der Waals surface area contributed by atoms with Gasteiger partial charge in [-0.25, -0.2) is 8.78 Å². The van der Waals surface area contributed by atoms with Crippen molar-refractivity contribution >= 4 is 5.91 Å². The molecule has 0 saturated carbocycles. The van der Waals surface area contributed by atoms with Crippen molar-refractivity contribution in [3.63, 3.8) is 0 Å². The van der Waals surface area contributed by atoms with Crippen LogP contribution in [0.4, 0.5) is 8.78 Å². The number of aromatic nitrogens is 1. The maximum absolute atomic E-state index is 15.0. The third-order valence-electron chi connectivity index (χ3n) is 6.80. The molecule has 1 amide bonds. The van der Waals surface area contributed by atoms with E-state index in [1.807, 2.05) is 31.0 Å². The van der Waals surface area contributed by atoms with E-state index in [9.17, 15) is 18.4 Å². The van der Waals surface area contributed by atoms with Crippen LogP contribution in [0, 0.1) is 18.6 Å². The van der Waals surface area contributed by atoms with E-state index in [-0.39, 0.29) is 41.4 Å². The first kappa shape index (κ1) is 21.4. The van der Waals surface area contributed by atoms with E-state index in [0.717, 1.165) is 11.1 Å². The smallest absolute Gasteiger partial charge is 0.274 e. The Labute approximate surface area is 190 Å². The fraction of sp³-hybridized carbons (Fsp3) is 0.308. The number of carbonyl (C=O) groups excluding carboxylic acids is 1. The molecule has 2 aromatic carbocycles. The summed E-state index contributed by atoms with van der Waals surface area (Å²) in [6.07, 6.45) is 2.34. The molecule has 0 bridgehead atoms. The molecule has 1 aromatic heterocycles. The zero-order chi connectivity index (χ0) is 23.4. The lowest BCUT2D eigenvalue weighted by molar-refractivity contribution is 0.0625. The predicted molar refractivity (Wildman–Crippen MR) is 122 cm³/mol. The second-order valence-electron chi connectivity index (χ2n) is 8.97. The highest BCUT2D eigenvalue weighted by Gasteiger charge is 2.39. The molecule has 0 spiro atoms. The Morgan fingerprint density at radius 2 is 1.48 bits per heavy atom. The number of carbonyl (C=O) groups is 1. The molecule has 2 heterocycles. The first-order valence-electron chi connectivity index (χ1n) is 11.1. The molecule has 1 aliphatic carbocycles. The van der Waals surface area contributed by atoms with Gasteiger partial charge in [-0.2, -0.15) is 0 Å². The predicted octanol–water partition coefficient (Wildman–Crippen LogP) is 4.08. The molecular formula is C26H25F2N3O2. The van der Waals surface area contributed by atoms with Crippen molar-refractivity contribution in [1.82, 2.24) is 9.58 Å². The zero-order valence-electron chi connectivity index (χ0n) is 18.8. The monoisotopic (exact) mass is 449 g/mol. The highest BCUT2D eigenvalue weighted by atomic mass is 19.1. The topological polar surface area (TPSA) is 45.6 Å². The van der Waals surface area contributed by atoms with Gasteiger partial charge in [0.05, 0.1) is 6.04 Å². The molecule has 0 atom stereocenters. The number of nitrogens with zero attached hydrogens (tertiary/aromatic N) is 3. The average Bonchev–Trinajstić information content (AvgIpc) is 2.95. The SMILES string of the molecule is Cc1c2n(ccc1=O)N(C1c3cccc(F)c3CCc3c(F)cccc31)CN(C(C)C)C2=O. The average molecular weight is 450 g/mol. The van der Waals surface area contributed by atoms with Crippen LogP contribution >= 0.6 is 0 Å². The molecule has 0 fully saturated rings. The van der Waals surface area contributed by atoms with Gasteiger partial charge in [-0.15, -0.1) is 0 Å². The van der Waals surface area contributed by atoms with Gasteiger partial charge in [-0.1, -0.05) is 24.3 Å². The Balaban J connectivity index is 1.82. The van der Waals surface area contributed by atoms with Crippen molar-refractivity contribution in [2.45, 2.75) is 45.7 Å². The van der Waals surface area contributed by atoms with Crippen LogP contribution in [-0.4, -0.2) is 28.2 Å². The highest BCUT2D eigenvalue weighted by molar-refractivity contribution is 5.95. The molecule has 170 valence electrons. The van der Waals surface area contributed by atoms with E-state index in [0.29, 0.717) is 29.5 Å². The second kappa shape index (κ2) is 7.83. The van der Waals surface area contributed by atoms with Gasteiger partial charge in [0.1, 0.15) is 24.0 Å². The normalized spacial score (nSPS) is 15.9. The molecule has 5 rings (SSSR count). The van der Waals surface area contributed by atoms with E-state index < -0.39 is 6.04 Å². The van der Waals surface area contributed by atoms with Crippen molar-refractivity contribution in [3.8, 4) is 0 Å². The molecule has 33 heavy (non-hydrogen) atoms. The van der Waals surface area contributed by atoms with Crippen LogP contribution in [-0.2, 0) is 12.8 Å². The molecule has 7 heteroatoms. The Bertz CT molecular complexity index is 1280. The maximum Gasteiger partial charge on any atom is 0.274 e. The molecule has 2 aliphatic rings. The summed E-state index contributed by atoms with van der Waals surface area (Å²) >= 11 is 0. The number of benzene rings is 2. The van der Waals surface area contributed by atoms with Gasteiger partial charge in [0.2, 0.25) is 0 Å². The maximum atomic E-state index is 15.0. The summed E-state index contributed by atoms with van der Waals surface area (Å²) in [6.45, 7) is 5.68. The summed E-state index contributed by atoms with van der Waals surface area (Å²) in [5, 5.41) is 1.94. The fourth-order valence-electron chi connectivity index (χ4n) is 5.06. The van der Waals surface area contributed by atoms with E-state index in [2.05, 4.69) is 0 Å². The number of pyridine rings is 1. The van der Waals surface area contributed by atoms with Crippen molar-refractivity contribution < 1.29 is 13.6 Å². The lowest BCUT2D eigenvalue weighted by Crippen LogP contribution is -2.57. The van der Waals surface area contributed by atoms with Gasteiger partial charge in [0.15, 0.2) is 5.43 Å². The van der Waals surface area contributed by atoms with E-state index in [1.165, 1.54) is 18.2 Å². The summed E-state index contributed by atoms with van der Waals surface area (Å²) in [4.78, 5) is 27.5. The van der Waals surface area contributed by atoms with Crippen LogP contribution in [0.2, 0.25) is 0 Å². The number of rotatable bonds is 2. The molecular weight excluding hydrogens is 424 g/mol. The number of hydrogen-bond acceptors (Lipinski definition) is 3. The van der Waals surface area contributed by atoms with Crippen LogP contribution < -0.4 is 10.4 Å². The molecule has 0 unspecified atom stereocenters. The van der Waals surface area contributed by atoms with Gasteiger partial charge in [-0.3, -0.25) is 19.3 Å². The van der Waals surface area contributed by atoms with E-state index in [4.69, 9.17) is 0 Å². The minimum absolute atomic E-state index is 0.131. The van der Waals surface area contributed by atoms with Gasteiger partial charge in [0.25, 0.3) is 5.91 Å². The number of amides is 1. The molecule has 3 aromatic rings. The van der Waals surface area contributed by atoms with E-state index >= 15 is 0 Å². The molecule has 0 N–H and O–H groups in total. The van der Waals surface area contributed by atoms with Gasteiger partial charge in [-0.05, 0) is 68.0 Å². The summed E-state index contributed by atoms with van der Waals surface area (Å²) in [5.74, 6) is -0.879. The van der Waals surface area contributed by atoms with Crippen LogP contribution in [0.25, 0.3) is 0 Å². The Kier molecular flexibility index (Phi) is 5.07. The fourth-order valence-corrected chi connectivity index (χ4v) is 5.06. The van der Waals surface area contributed by atoms with Crippen molar-refractivity contribution in [2.75, 3.05) is 11.7 Å². The highest BCUT2D eigenvalue weighted by Crippen LogP contribution is 2.39. The van der Waals surface area contributed by atoms with Crippen molar-refractivity contribution in [1.29, 1.82) is 0 Å². The standard InChI is InChI=1S/C26H25F2N3O2/c1-15(2)29-14-31(30-13-12-23(32)16(3)24(30)26(29)33)25-19-6-4-8-21(27)17(19)10-11-18-20(25)7-5-9-22(18)28/h4-9,12-13,15,25H,10-11,14H2,1-3H3. The van der Waals surface area contributed by atoms with Gasteiger partial charge in [0, 0.05) is 23.9 Å².